The van der Waals surface area contributed by atoms with Gasteiger partial charge in [-0.15, -0.1) is 0 Å². The van der Waals surface area contributed by atoms with E-state index >= 15 is 0 Å². The van der Waals surface area contributed by atoms with E-state index in [1.807, 2.05) is 18.2 Å². The van der Waals surface area contributed by atoms with Gasteiger partial charge in [0.2, 0.25) is 0 Å². The monoisotopic (exact) mass is 221 g/mol. The molecular weight excluding hydrogens is 202 g/mol. The zero-order chi connectivity index (χ0) is 11.7. The topological polar surface area (TPSA) is 32.7 Å². The Morgan fingerprint density at radius 2 is 2.31 bits per heavy atom. The summed E-state index contributed by atoms with van der Waals surface area (Å²) in [5.41, 5.74) is 2.01. The third-order valence-electron chi connectivity index (χ3n) is 3.10. The summed E-state index contributed by atoms with van der Waals surface area (Å²) in [6, 6.07) is 5.89. The molecule has 3 heteroatoms. The Morgan fingerprint density at radius 3 is 2.94 bits per heavy atom. The summed E-state index contributed by atoms with van der Waals surface area (Å²) >= 11 is 0. The van der Waals surface area contributed by atoms with Crippen LogP contribution in [0.5, 0.6) is 5.75 Å². The Kier molecular flexibility index (Phi) is 3.06. The standard InChI is InChI=1S/C13H19NO2/c1-4-11-8-14(3)12-7-10(9(2)15)5-6-13(12)16-11/h5-7,9,11,15H,4,8H2,1-3H3. The first-order chi connectivity index (χ1) is 7.61. The molecule has 1 aromatic carbocycles. The highest BCUT2D eigenvalue weighted by Gasteiger charge is 2.22. The van der Waals surface area contributed by atoms with Crippen LogP contribution in [0.25, 0.3) is 0 Å². The molecule has 0 saturated carbocycles. The first kappa shape index (κ1) is 11.3. The zero-order valence-electron chi connectivity index (χ0n) is 10.1. The molecule has 1 N–H and O–H groups in total. The van der Waals surface area contributed by atoms with Crippen molar-refractivity contribution in [2.45, 2.75) is 32.5 Å². The van der Waals surface area contributed by atoms with Crippen LogP contribution in [0.2, 0.25) is 0 Å². The van der Waals surface area contributed by atoms with Gasteiger partial charge in [-0.05, 0) is 31.0 Å². The number of hydrogen-bond acceptors (Lipinski definition) is 3. The second-order valence-corrected chi connectivity index (χ2v) is 4.43. The van der Waals surface area contributed by atoms with E-state index in [9.17, 15) is 5.11 Å². The maximum atomic E-state index is 9.55. The number of hydrogen-bond donors (Lipinski definition) is 1. The van der Waals surface area contributed by atoms with Crippen LogP contribution in [-0.4, -0.2) is 24.8 Å². The van der Waals surface area contributed by atoms with Crippen molar-refractivity contribution in [1.29, 1.82) is 0 Å². The third kappa shape index (κ3) is 2.00. The van der Waals surface area contributed by atoms with Crippen LogP contribution in [0.3, 0.4) is 0 Å². The van der Waals surface area contributed by atoms with E-state index in [-0.39, 0.29) is 6.10 Å². The van der Waals surface area contributed by atoms with Crippen molar-refractivity contribution < 1.29 is 9.84 Å². The van der Waals surface area contributed by atoms with Crippen molar-refractivity contribution in [1.82, 2.24) is 0 Å². The molecule has 1 aliphatic heterocycles. The normalized spacial score (nSPS) is 21.2. The summed E-state index contributed by atoms with van der Waals surface area (Å²) in [6.07, 6.45) is 0.861. The summed E-state index contributed by atoms with van der Waals surface area (Å²) in [6.45, 7) is 4.82. The molecule has 2 atom stereocenters. The number of aliphatic hydroxyl groups is 1. The summed E-state index contributed by atoms with van der Waals surface area (Å²) in [7, 11) is 2.07. The Labute approximate surface area is 96.6 Å². The van der Waals surface area contributed by atoms with Crippen molar-refractivity contribution in [3.05, 3.63) is 23.8 Å². The smallest absolute Gasteiger partial charge is 0.143 e. The molecule has 0 fully saturated rings. The fourth-order valence-corrected chi connectivity index (χ4v) is 2.03. The predicted octanol–water partition coefficient (Wildman–Crippen LogP) is 2.35. The molecule has 1 aromatic rings. The first-order valence-corrected chi connectivity index (χ1v) is 5.81. The first-order valence-electron chi connectivity index (χ1n) is 5.81. The number of benzene rings is 1. The third-order valence-corrected chi connectivity index (χ3v) is 3.10. The molecule has 1 aliphatic rings. The van der Waals surface area contributed by atoms with Gasteiger partial charge in [0.25, 0.3) is 0 Å². The number of likely N-dealkylation sites (N-methyl/N-ethyl adjacent to an activating group) is 1. The number of fused-ring (bicyclic) bond motifs is 1. The Morgan fingerprint density at radius 1 is 1.56 bits per heavy atom. The van der Waals surface area contributed by atoms with Crippen molar-refractivity contribution in [2.75, 3.05) is 18.5 Å². The van der Waals surface area contributed by atoms with Crippen LogP contribution in [0.15, 0.2) is 18.2 Å². The molecule has 0 saturated heterocycles. The van der Waals surface area contributed by atoms with Crippen molar-refractivity contribution in [3.8, 4) is 5.75 Å². The Balaban J connectivity index is 2.33. The van der Waals surface area contributed by atoms with Gasteiger partial charge >= 0.3 is 0 Å². The molecule has 0 spiro atoms. The number of ether oxygens (including phenoxy) is 1. The lowest BCUT2D eigenvalue weighted by atomic mass is 10.1. The lowest BCUT2D eigenvalue weighted by molar-refractivity contribution is 0.189. The van der Waals surface area contributed by atoms with E-state index in [0.717, 1.165) is 30.0 Å². The molecule has 0 radical (unpaired) electrons. The molecule has 16 heavy (non-hydrogen) atoms. The number of aliphatic hydroxyl groups excluding tert-OH is 1. The maximum absolute atomic E-state index is 9.55. The SMILES string of the molecule is CCC1CN(C)c2cc(C(C)O)ccc2O1. The Hall–Kier alpha value is -1.22. The predicted molar refractivity (Wildman–Crippen MR) is 65.1 cm³/mol. The highest BCUT2D eigenvalue weighted by molar-refractivity contribution is 5.61. The molecule has 0 aromatic heterocycles. The van der Waals surface area contributed by atoms with Gasteiger partial charge in [-0.2, -0.15) is 0 Å². The second kappa shape index (κ2) is 4.34. The lowest BCUT2D eigenvalue weighted by Crippen LogP contribution is -2.37. The largest absolute Gasteiger partial charge is 0.486 e. The highest BCUT2D eigenvalue weighted by Crippen LogP contribution is 2.35. The van der Waals surface area contributed by atoms with Crippen LogP contribution < -0.4 is 9.64 Å². The van der Waals surface area contributed by atoms with Crippen LogP contribution in [0.4, 0.5) is 5.69 Å². The zero-order valence-corrected chi connectivity index (χ0v) is 10.1. The molecule has 3 nitrogen and oxygen atoms in total. The quantitative estimate of drug-likeness (QED) is 0.832. The van der Waals surface area contributed by atoms with E-state index in [4.69, 9.17) is 4.74 Å². The molecule has 88 valence electrons. The summed E-state index contributed by atoms with van der Waals surface area (Å²) < 4.78 is 5.86. The van der Waals surface area contributed by atoms with Gasteiger partial charge in [0, 0.05) is 7.05 Å². The molecule has 0 bridgehead atoms. The lowest BCUT2D eigenvalue weighted by Gasteiger charge is -2.33. The summed E-state index contributed by atoms with van der Waals surface area (Å²) in [4.78, 5) is 2.19. The van der Waals surface area contributed by atoms with Gasteiger partial charge in [-0.25, -0.2) is 0 Å². The highest BCUT2D eigenvalue weighted by atomic mass is 16.5. The van der Waals surface area contributed by atoms with Crippen molar-refractivity contribution in [3.63, 3.8) is 0 Å². The van der Waals surface area contributed by atoms with E-state index in [0.29, 0.717) is 0 Å². The van der Waals surface area contributed by atoms with Gasteiger partial charge in [0.05, 0.1) is 18.3 Å². The minimum atomic E-state index is -0.428. The summed E-state index contributed by atoms with van der Waals surface area (Å²) in [5, 5.41) is 9.55. The minimum absolute atomic E-state index is 0.273. The van der Waals surface area contributed by atoms with E-state index in [2.05, 4.69) is 18.9 Å². The average molecular weight is 221 g/mol. The minimum Gasteiger partial charge on any atom is -0.486 e. The van der Waals surface area contributed by atoms with Gasteiger partial charge in [-0.3, -0.25) is 0 Å². The van der Waals surface area contributed by atoms with Gasteiger partial charge in [0.1, 0.15) is 11.9 Å². The number of rotatable bonds is 2. The molecule has 0 aliphatic carbocycles. The fourth-order valence-electron chi connectivity index (χ4n) is 2.03. The van der Waals surface area contributed by atoms with Crippen LogP contribution >= 0.6 is 0 Å². The Bertz CT molecular complexity index is 376. The molecule has 0 amide bonds. The van der Waals surface area contributed by atoms with E-state index in [1.165, 1.54) is 0 Å². The molecular formula is C13H19NO2. The van der Waals surface area contributed by atoms with Gasteiger partial charge < -0.3 is 14.7 Å². The fraction of sp³-hybridized carbons (Fsp3) is 0.538. The number of anilines is 1. The van der Waals surface area contributed by atoms with Gasteiger partial charge in [0.15, 0.2) is 0 Å². The van der Waals surface area contributed by atoms with Gasteiger partial charge in [-0.1, -0.05) is 13.0 Å². The van der Waals surface area contributed by atoms with Crippen LogP contribution in [0.1, 0.15) is 31.9 Å². The van der Waals surface area contributed by atoms with Crippen LogP contribution in [-0.2, 0) is 0 Å². The number of nitrogens with zero attached hydrogens (tertiary/aromatic N) is 1. The van der Waals surface area contributed by atoms with Crippen molar-refractivity contribution >= 4 is 5.69 Å². The maximum Gasteiger partial charge on any atom is 0.143 e. The second-order valence-electron chi connectivity index (χ2n) is 4.43. The van der Waals surface area contributed by atoms with Crippen molar-refractivity contribution in [2.24, 2.45) is 0 Å². The molecule has 2 rings (SSSR count). The summed E-state index contributed by atoms with van der Waals surface area (Å²) in [5.74, 6) is 0.921. The molecule has 1 heterocycles. The molecule has 2 unspecified atom stereocenters. The van der Waals surface area contributed by atoms with E-state index < -0.39 is 6.10 Å². The van der Waals surface area contributed by atoms with Crippen LogP contribution in [0, 0.1) is 0 Å². The van der Waals surface area contributed by atoms with E-state index in [1.54, 1.807) is 6.92 Å². The average Bonchev–Trinajstić information content (AvgIpc) is 2.28.